The van der Waals surface area contributed by atoms with Gasteiger partial charge in [0.15, 0.2) is 0 Å². The van der Waals surface area contributed by atoms with Crippen LogP contribution in [0, 0.1) is 0 Å². The fraction of sp³-hybridized carbons (Fsp3) is 0.400. The summed E-state index contributed by atoms with van der Waals surface area (Å²) in [5, 5.41) is 18.6. The van der Waals surface area contributed by atoms with Gasteiger partial charge < -0.3 is 10.4 Å². The zero-order valence-corrected chi connectivity index (χ0v) is 11.6. The van der Waals surface area contributed by atoms with Gasteiger partial charge in [0.1, 0.15) is 0 Å². The summed E-state index contributed by atoms with van der Waals surface area (Å²) >= 11 is 0. The average molecular weight is 284 g/mol. The number of fused-ring (bicyclic) bond motifs is 2. The minimum atomic E-state index is -1.10. The topological polar surface area (TPSA) is 90.9 Å². The second-order valence-electron chi connectivity index (χ2n) is 5.67. The fourth-order valence-corrected chi connectivity index (χ4v) is 3.49. The SMILES string of the molecule is O=C(O)c1nc(Nc2c3c(cc4c2CCC4)CCC3)n[nH]1. The van der Waals surface area contributed by atoms with Crippen LogP contribution in [0.4, 0.5) is 11.6 Å². The van der Waals surface area contributed by atoms with Crippen molar-refractivity contribution in [2.45, 2.75) is 38.5 Å². The number of rotatable bonds is 3. The summed E-state index contributed by atoms with van der Waals surface area (Å²) in [7, 11) is 0. The quantitative estimate of drug-likeness (QED) is 0.804. The van der Waals surface area contributed by atoms with Gasteiger partial charge >= 0.3 is 5.97 Å². The number of aromatic carboxylic acids is 1. The van der Waals surface area contributed by atoms with Crippen LogP contribution >= 0.6 is 0 Å². The first-order valence-electron chi connectivity index (χ1n) is 7.31. The van der Waals surface area contributed by atoms with Crippen LogP contribution in [0.5, 0.6) is 0 Å². The van der Waals surface area contributed by atoms with Gasteiger partial charge in [-0.3, -0.25) is 5.10 Å². The Morgan fingerprint density at radius 3 is 2.38 bits per heavy atom. The number of carboxylic acids is 1. The molecule has 0 amide bonds. The lowest BCUT2D eigenvalue weighted by Gasteiger charge is -2.14. The second-order valence-corrected chi connectivity index (χ2v) is 5.67. The first-order valence-corrected chi connectivity index (χ1v) is 7.31. The number of H-pyrrole nitrogens is 1. The third-order valence-electron chi connectivity index (χ3n) is 4.40. The summed E-state index contributed by atoms with van der Waals surface area (Å²) in [5.74, 6) is -0.900. The third-order valence-corrected chi connectivity index (χ3v) is 4.40. The summed E-state index contributed by atoms with van der Waals surface area (Å²) in [6.45, 7) is 0. The largest absolute Gasteiger partial charge is 0.475 e. The van der Waals surface area contributed by atoms with Crippen LogP contribution in [0.3, 0.4) is 0 Å². The highest BCUT2D eigenvalue weighted by Gasteiger charge is 2.24. The number of aromatic nitrogens is 3. The molecule has 0 radical (unpaired) electrons. The van der Waals surface area contributed by atoms with Crippen LogP contribution in [0.2, 0.25) is 0 Å². The van der Waals surface area contributed by atoms with E-state index in [0.29, 0.717) is 5.95 Å². The van der Waals surface area contributed by atoms with Crippen molar-refractivity contribution in [3.63, 3.8) is 0 Å². The van der Waals surface area contributed by atoms with E-state index in [0.717, 1.165) is 31.4 Å². The van der Waals surface area contributed by atoms with Crippen LogP contribution in [-0.4, -0.2) is 26.3 Å². The van der Waals surface area contributed by atoms with Crippen molar-refractivity contribution in [2.75, 3.05) is 5.32 Å². The van der Waals surface area contributed by atoms with Crippen molar-refractivity contribution in [1.29, 1.82) is 0 Å². The Morgan fingerprint density at radius 1 is 1.14 bits per heavy atom. The van der Waals surface area contributed by atoms with Crippen molar-refractivity contribution < 1.29 is 9.90 Å². The summed E-state index contributed by atoms with van der Waals surface area (Å²) in [5.41, 5.74) is 6.68. The van der Waals surface area contributed by atoms with Gasteiger partial charge in [-0.05, 0) is 60.8 Å². The molecule has 6 heteroatoms. The van der Waals surface area contributed by atoms with Crippen molar-refractivity contribution in [1.82, 2.24) is 15.2 Å². The van der Waals surface area contributed by atoms with E-state index < -0.39 is 5.97 Å². The zero-order chi connectivity index (χ0) is 14.4. The molecule has 0 fully saturated rings. The normalized spacial score (nSPS) is 15.8. The Bertz CT molecular complexity index is 703. The molecule has 0 aliphatic heterocycles. The molecule has 0 unspecified atom stereocenters. The summed E-state index contributed by atoms with van der Waals surface area (Å²) in [6.07, 6.45) is 6.77. The number of nitrogens with one attached hydrogen (secondary N) is 2. The Hall–Kier alpha value is -2.37. The van der Waals surface area contributed by atoms with Gasteiger partial charge in [-0.15, -0.1) is 5.10 Å². The number of hydrogen-bond donors (Lipinski definition) is 3. The molecule has 0 saturated heterocycles. The Balaban J connectivity index is 1.76. The van der Waals surface area contributed by atoms with E-state index in [1.165, 1.54) is 35.1 Å². The van der Waals surface area contributed by atoms with Crippen molar-refractivity contribution in [3.05, 3.63) is 34.1 Å². The van der Waals surface area contributed by atoms with Crippen molar-refractivity contribution >= 4 is 17.6 Å². The van der Waals surface area contributed by atoms with Gasteiger partial charge in [-0.25, -0.2) is 4.79 Å². The van der Waals surface area contributed by atoms with Crippen molar-refractivity contribution in [2.24, 2.45) is 0 Å². The number of carboxylic acid groups (broad SMARTS) is 1. The van der Waals surface area contributed by atoms with Gasteiger partial charge in [0.05, 0.1) is 0 Å². The maximum absolute atomic E-state index is 10.9. The lowest BCUT2D eigenvalue weighted by Crippen LogP contribution is -2.03. The molecule has 108 valence electrons. The predicted octanol–water partition coefficient (Wildman–Crippen LogP) is 2.22. The van der Waals surface area contributed by atoms with Crippen LogP contribution in [0.1, 0.15) is 45.7 Å². The number of benzene rings is 1. The minimum Gasteiger partial charge on any atom is -0.475 e. The maximum atomic E-state index is 10.9. The van der Waals surface area contributed by atoms with Gasteiger partial charge in [-0.1, -0.05) is 6.07 Å². The minimum absolute atomic E-state index is 0.137. The third kappa shape index (κ3) is 1.98. The van der Waals surface area contributed by atoms with E-state index in [-0.39, 0.29) is 5.82 Å². The molecular weight excluding hydrogens is 268 g/mol. The zero-order valence-electron chi connectivity index (χ0n) is 11.6. The highest BCUT2D eigenvalue weighted by Crippen LogP contribution is 2.39. The van der Waals surface area contributed by atoms with Gasteiger partial charge in [-0.2, -0.15) is 4.98 Å². The molecule has 3 N–H and O–H groups in total. The molecule has 1 aromatic carbocycles. The molecule has 21 heavy (non-hydrogen) atoms. The standard InChI is InChI=1S/C15H16N4O2/c20-14(21)13-17-15(19-18-13)16-12-10-5-1-3-8(10)7-9-4-2-6-11(9)12/h7H,1-6H2,(H,20,21)(H2,16,17,18,19). The van der Waals surface area contributed by atoms with Crippen LogP contribution in [0.25, 0.3) is 0 Å². The number of anilines is 2. The molecule has 0 saturated carbocycles. The molecule has 0 bridgehead atoms. The Kier molecular flexibility index (Phi) is 2.70. The highest BCUT2D eigenvalue weighted by atomic mass is 16.4. The molecule has 1 aromatic heterocycles. The molecule has 2 aromatic rings. The molecule has 4 rings (SSSR count). The van der Waals surface area contributed by atoms with E-state index in [4.69, 9.17) is 5.11 Å². The molecule has 6 nitrogen and oxygen atoms in total. The van der Waals surface area contributed by atoms with Crippen LogP contribution < -0.4 is 5.32 Å². The number of hydrogen-bond acceptors (Lipinski definition) is 4. The van der Waals surface area contributed by atoms with Crippen LogP contribution in [-0.2, 0) is 25.7 Å². The van der Waals surface area contributed by atoms with E-state index >= 15 is 0 Å². The Labute approximate surface area is 121 Å². The summed E-state index contributed by atoms with van der Waals surface area (Å²) in [4.78, 5) is 14.9. The van der Waals surface area contributed by atoms with Crippen molar-refractivity contribution in [3.8, 4) is 0 Å². The molecule has 0 spiro atoms. The van der Waals surface area contributed by atoms with Gasteiger partial charge in [0.2, 0.25) is 11.8 Å². The first-order chi connectivity index (χ1) is 10.2. The maximum Gasteiger partial charge on any atom is 0.373 e. The van der Waals surface area contributed by atoms with E-state index in [2.05, 4.69) is 26.6 Å². The fourth-order valence-electron chi connectivity index (χ4n) is 3.49. The number of carbonyl (C=O) groups is 1. The van der Waals surface area contributed by atoms with Gasteiger partial charge in [0.25, 0.3) is 0 Å². The van der Waals surface area contributed by atoms with E-state index in [1.54, 1.807) is 0 Å². The lowest BCUT2D eigenvalue weighted by atomic mass is 9.99. The molecule has 1 heterocycles. The first kappa shape index (κ1) is 12.4. The number of aromatic amines is 1. The number of nitrogens with zero attached hydrogens (tertiary/aromatic N) is 2. The van der Waals surface area contributed by atoms with Crippen LogP contribution in [0.15, 0.2) is 6.07 Å². The molecule has 0 atom stereocenters. The van der Waals surface area contributed by atoms with E-state index in [1.807, 2.05) is 0 Å². The molecular formula is C15H16N4O2. The highest BCUT2D eigenvalue weighted by molar-refractivity contribution is 5.83. The monoisotopic (exact) mass is 284 g/mol. The molecule has 2 aliphatic carbocycles. The lowest BCUT2D eigenvalue weighted by molar-refractivity contribution is 0.0684. The molecule has 2 aliphatic rings. The van der Waals surface area contributed by atoms with Gasteiger partial charge in [0, 0.05) is 5.69 Å². The summed E-state index contributed by atoms with van der Waals surface area (Å²) < 4.78 is 0. The second kappa shape index (κ2) is 4.58. The average Bonchev–Trinajstić information content (AvgIpc) is 3.17. The Morgan fingerprint density at radius 2 is 1.81 bits per heavy atom. The predicted molar refractivity (Wildman–Crippen MR) is 77.1 cm³/mol. The summed E-state index contributed by atoms with van der Waals surface area (Å²) in [6, 6.07) is 2.36. The smallest absolute Gasteiger partial charge is 0.373 e. The number of aryl methyl sites for hydroxylation is 2. The van der Waals surface area contributed by atoms with E-state index in [9.17, 15) is 4.79 Å².